The fourth-order valence-electron chi connectivity index (χ4n) is 4.47. The van der Waals surface area contributed by atoms with Crippen molar-refractivity contribution in [3.8, 4) is 0 Å². The average molecular weight is 482 g/mol. The Bertz CT molecular complexity index is 722. The highest BCUT2D eigenvalue weighted by atomic mass is 32.2. The van der Waals surface area contributed by atoms with E-state index in [1.54, 1.807) is 7.05 Å². The molecule has 7 heteroatoms. The van der Waals surface area contributed by atoms with Gasteiger partial charge in [-0.1, -0.05) is 62.9 Å². The molecule has 190 valence electrons. The molecule has 1 saturated carbocycles. The van der Waals surface area contributed by atoms with Gasteiger partial charge in [-0.15, -0.1) is 0 Å². The molecule has 1 aliphatic rings. The van der Waals surface area contributed by atoms with Crippen LogP contribution >= 0.6 is 0 Å². The second kappa shape index (κ2) is 15.8. The van der Waals surface area contributed by atoms with Gasteiger partial charge in [-0.25, -0.2) is 0 Å². The molecule has 0 amide bonds. The lowest BCUT2D eigenvalue weighted by Crippen LogP contribution is -2.45. The van der Waals surface area contributed by atoms with Crippen LogP contribution in [0.25, 0.3) is 0 Å². The molecule has 1 N–H and O–H groups in total. The highest BCUT2D eigenvalue weighted by molar-refractivity contribution is 7.87. The molecule has 0 aromatic heterocycles. The molecule has 6 nitrogen and oxygen atoms in total. The topological polar surface area (TPSA) is 61.9 Å². The summed E-state index contributed by atoms with van der Waals surface area (Å²) in [7, 11) is 0.449. The van der Waals surface area contributed by atoms with Gasteiger partial charge in [0.25, 0.3) is 10.2 Å². The Kier molecular flexibility index (Phi) is 13.5. The van der Waals surface area contributed by atoms with Gasteiger partial charge in [-0.2, -0.15) is 17.4 Å². The molecule has 0 radical (unpaired) electrons. The van der Waals surface area contributed by atoms with E-state index in [0.29, 0.717) is 6.54 Å². The van der Waals surface area contributed by atoms with Crippen LogP contribution in [0, 0.1) is 0 Å². The molecule has 0 atom stereocenters. The van der Waals surface area contributed by atoms with Crippen LogP contribution in [0.1, 0.15) is 83.1 Å². The van der Waals surface area contributed by atoms with Gasteiger partial charge >= 0.3 is 0 Å². The Hall–Kier alpha value is -0.990. The van der Waals surface area contributed by atoms with Crippen molar-refractivity contribution >= 4 is 10.2 Å². The lowest BCUT2D eigenvalue weighted by atomic mass is 9.93. The molecular formula is C26H47N3O3S. The van der Waals surface area contributed by atoms with Crippen molar-refractivity contribution in [3.63, 3.8) is 0 Å². The van der Waals surface area contributed by atoms with E-state index in [4.69, 9.17) is 4.74 Å². The molecular weight excluding hydrogens is 434 g/mol. The van der Waals surface area contributed by atoms with Crippen molar-refractivity contribution in [2.45, 2.75) is 96.2 Å². The van der Waals surface area contributed by atoms with Crippen molar-refractivity contribution in [1.82, 2.24) is 13.9 Å². The SMILES string of the molecule is CCCCCN(C)CCCCCCO[C@H]1CC[C@H](N(C)S(=O)(=O)NCc2ccccc2)CC1. The van der Waals surface area contributed by atoms with Crippen LogP contribution in [-0.4, -0.2) is 63.6 Å². The van der Waals surface area contributed by atoms with Gasteiger partial charge in [0.1, 0.15) is 0 Å². The van der Waals surface area contributed by atoms with Crippen LogP contribution in [0.2, 0.25) is 0 Å². The van der Waals surface area contributed by atoms with Gasteiger partial charge < -0.3 is 9.64 Å². The Morgan fingerprint density at radius 2 is 1.55 bits per heavy atom. The highest BCUT2D eigenvalue weighted by Crippen LogP contribution is 2.26. The number of hydrogen-bond acceptors (Lipinski definition) is 4. The first-order valence-electron chi connectivity index (χ1n) is 13.0. The van der Waals surface area contributed by atoms with Crippen LogP contribution in [0.15, 0.2) is 30.3 Å². The lowest BCUT2D eigenvalue weighted by molar-refractivity contribution is 0.0155. The molecule has 1 aromatic rings. The number of ether oxygens (including phenoxy) is 1. The van der Waals surface area contributed by atoms with Crippen molar-refractivity contribution in [3.05, 3.63) is 35.9 Å². The first-order chi connectivity index (χ1) is 15.9. The summed E-state index contributed by atoms with van der Waals surface area (Å²) in [5.41, 5.74) is 0.963. The summed E-state index contributed by atoms with van der Waals surface area (Å²) in [6.45, 7) is 5.82. The molecule has 0 spiro atoms. The summed E-state index contributed by atoms with van der Waals surface area (Å²) in [6.07, 6.45) is 12.7. The normalized spacial score (nSPS) is 19.4. The molecule has 0 aliphatic heterocycles. The minimum absolute atomic E-state index is 0.0486. The number of hydrogen-bond donors (Lipinski definition) is 1. The van der Waals surface area contributed by atoms with E-state index in [1.165, 1.54) is 55.9 Å². The van der Waals surface area contributed by atoms with Gasteiger partial charge in [0.2, 0.25) is 0 Å². The van der Waals surface area contributed by atoms with Gasteiger partial charge in [-0.05, 0) is 70.6 Å². The van der Waals surface area contributed by atoms with E-state index >= 15 is 0 Å². The number of benzene rings is 1. The zero-order chi connectivity index (χ0) is 23.9. The number of rotatable bonds is 17. The fourth-order valence-corrected chi connectivity index (χ4v) is 5.63. The minimum Gasteiger partial charge on any atom is -0.378 e. The standard InChI is InChI=1S/C26H47N3O3S/c1-4-5-11-20-28(2)21-12-6-7-13-22-32-26-18-16-25(17-19-26)29(3)33(30,31)27-23-24-14-9-8-10-15-24/h8-10,14-15,25-27H,4-7,11-13,16-23H2,1-3H3/t25-,26-. The molecule has 1 aliphatic carbocycles. The Labute approximate surface area is 203 Å². The van der Waals surface area contributed by atoms with E-state index in [1.807, 2.05) is 30.3 Å². The summed E-state index contributed by atoms with van der Waals surface area (Å²) in [5, 5.41) is 0. The van der Waals surface area contributed by atoms with Gasteiger partial charge in [0.15, 0.2) is 0 Å². The van der Waals surface area contributed by atoms with Gasteiger partial charge in [-0.3, -0.25) is 0 Å². The Morgan fingerprint density at radius 3 is 2.21 bits per heavy atom. The first-order valence-corrected chi connectivity index (χ1v) is 14.4. The minimum atomic E-state index is -3.48. The average Bonchev–Trinajstić information content (AvgIpc) is 2.83. The zero-order valence-electron chi connectivity index (χ0n) is 21.2. The maximum atomic E-state index is 12.7. The largest absolute Gasteiger partial charge is 0.378 e. The van der Waals surface area contributed by atoms with Gasteiger partial charge in [0.05, 0.1) is 6.10 Å². The van der Waals surface area contributed by atoms with Gasteiger partial charge in [0, 0.05) is 26.2 Å². The molecule has 0 bridgehead atoms. The van der Waals surface area contributed by atoms with E-state index in [2.05, 4.69) is 23.6 Å². The monoisotopic (exact) mass is 481 g/mol. The Balaban J connectivity index is 1.53. The van der Waals surface area contributed by atoms with Crippen LogP contribution < -0.4 is 4.72 Å². The van der Waals surface area contributed by atoms with Crippen LogP contribution in [0.3, 0.4) is 0 Å². The fraction of sp³-hybridized carbons (Fsp3) is 0.769. The molecule has 2 rings (SSSR count). The zero-order valence-corrected chi connectivity index (χ0v) is 22.0. The van der Waals surface area contributed by atoms with Crippen LogP contribution in [-0.2, 0) is 21.5 Å². The maximum absolute atomic E-state index is 12.7. The number of nitrogens with one attached hydrogen (secondary N) is 1. The summed E-state index contributed by atoms with van der Waals surface area (Å²) < 4.78 is 35.7. The number of unbranched alkanes of at least 4 members (excludes halogenated alkanes) is 5. The van der Waals surface area contributed by atoms with E-state index in [9.17, 15) is 8.42 Å². The van der Waals surface area contributed by atoms with E-state index in [0.717, 1.165) is 44.3 Å². The smallest absolute Gasteiger partial charge is 0.279 e. The quantitative estimate of drug-likeness (QED) is 0.319. The van der Waals surface area contributed by atoms with Crippen molar-refractivity contribution in [1.29, 1.82) is 0 Å². The summed E-state index contributed by atoms with van der Waals surface area (Å²) in [5.74, 6) is 0. The first kappa shape index (κ1) is 28.2. The summed E-state index contributed by atoms with van der Waals surface area (Å²) >= 11 is 0. The third-order valence-corrected chi connectivity index (χ3v) is 8.34. The molecule has 33 heavy (non-hydrogen) atoms. The predicted octanol–water partition coefficient (Wildman–Crippen LogP) is 4.96. The molecule has 0 unspecified atom stereocenters. The van der Waals surface area contributed by atoms with Crippen molar-refractivity contribution in [2.24, 2.45) is 0 Å². The predicted molar refractivity (Wildman–Crippen MR) is 137 cm³/mol. The highest BCUT2D eigenvalue weighted by Gasteiger charge is 2.30. The Morgan fingerprint density at radius 1 is 0.909 bits per heavy atom. The molecule has 1 fully saturated rings. The lowest BCUT2D eigenvalue weighted by Gasteiger charge is -2.34. The second-order valence-electron chi connectivity index (χ2n) is 9.55. The van der Waals surface area contributed by atoms with E-state index < -0.39 is 10.2 Å². The van der Waals surface area contributed by atoms with Crippen molar-refractivity contribution < 1.29 is 13.2 Å². The molecule has 1 aromatic carbocycles. The third-order valence-electron chi connectivity index (χ3n) is 6.77. The summed E-state index contributed by atoms with van der Waals surface area (Å²) in [6, 6.07) is 9.68. The van der Waals surface area contributed by atoms with Crippen molar-refractivity contribution in [2.75, 3.05) is 33.8 Å². The second-order valence-corrected chi connectivity index (χ2v) is 11.4. The summed E-state index contributed by atoms with van der Waals surface area (Å²) in [4.78, 5) is 2.46. The molecule has 0 saturated heterocycles. The third kappa shape index (κ3) is 11.3. The van der Waals surface area contributed by atoms with Crippen LogP contribution in [0.4, 0.5) is 0 Å². The van der Waals surface area contributed by atoms with E-state index in [-0.39, 0.29) is 12.1 Å². The number of nitrogens with zero attached hydrogens (tertiary/aromatic N) is 2. The van der Waals surface area contributed by atoms with Crippen LogP contribution in [0.5, 0.6) is 0 Å². The molecule has 0 heterocycles. The maximum Gasteiger partial charge on any atom is 0.279 e.